The van der Waals surface area contributed by atoms with Crippen molar-refractivity contribution in [2.75, 3.05) is 13.1 Å². The Balaban J connectivity index is 2.34. The molecular formula is C18H22N2O. The quantitative estimate of drug-likeness (QED) is 0.791. The molecule has 0 amide bonds. The number of benzene rings is 1. The average Bonchev–Trinajstić information content (AvgIpc) is 2.48. The molecule has 21 heavy (non-hydrogen) atoms. The molecule has 0 radical (unpaired) electrons. The monoisotopic (exact) mass is 282 g/mol. The summed E-state index contributed by atoms with van der Waals surface area (Å²) >= 11 is 0. The van der Waals surface area contributed by atoms with Crippen molar-refractivity contribution in [2.24, 2.45) is 0 Å². The lowest BCUT2D eigenvalue weighted by Crippen LogP contribution is -2.32. The number of ketones is 1. The van der Waals surface area contributed by atoms with Gasteiger partial charge in [0.25, 0.3) is 0 Å². The molecule has 0 aliphatic carbocycles. The maximum absolute atomic E-state index is 12.3. The van der Waals surface area contributed by atoms with E-state index in [1.807, 2.05) is 0 Å². The van der Waals surface area contributed by atoms with Gasteiger partial charge in [-0.25, -0.2) is 0 Å². The van der Waals surface area contributed by atoms with Crippen molar-refractivity contribution in [3.05, 3.63) is 40.1 Å². The van der Waals surface area contributed by atoms with Crippen LogP contribution in [0.2, 0.25) is 0 Å². The molecule has 0 unspecified atom stereocenters. The van der Waals surface area contributed by atoms with E-state index in [0.717, 1.165) is 53.8 Å². The molecule has 110 valence electrons. The van der Waals surface area contributed by atoms with Crippen LogP contribution in [0.1, 0.15) is 46.6 Å². The zero-order chi connectivity index (χ0) is 15.1. The Hall–Kier alpha value is -1.74. The molecule has 2 heterocycles. The fraction of sp³-hybridized carbons (Fsp3) is 0.444. The molecule has 0 fully saturated rings. The second kappa shape index (κ2) is 5.23. The molecule has 0 spiro atoms. The summed E-state index contributed by atoms with van der Waals surface area (Å²) < 4.78 is 0. The van der Waals surface area contributed by atoms with Gasteiger partial charge >= 0.3 is 0 Å². The Bertz CT molecular complexity index is 734. The van der Waals surface area contributed by atoms with Gasteiger partial charge in [0.15, 0.2) is 5.78 Å². The number of pyridine rings is 1. The third-order valence-corrected chi connectivity index (χ3v) is 4.71. The second-order valence-electron chi connectivity index (χ2n) is 5.99. The summed E-state index contributed by atoms with van der Waals surface area (Å²) in [7, 11) is 0. The molecule has 1 aromatic carbocycles. The smallest absolute Gasteiger partial charge is 0.160 e. The predicted octanol–water partition coefficient (Wildman–Crippen LogP) is 3.43. The highest BCUT2D eigenvalue weighted by Gasteiger charge is 2.24. The summed E-state index contributed by atoms with van der Waals surface area (Å²) in [5.41, 5.74) is 6.57. The van der Waals surface area contributed by atoms with Crippen LogP contribution >= 0.6 is 0 Å². The molecular weight excluding hydrogens is 260 g/mol. The Kier molecular flexibility index (Phi) is 3.54. The van der Waals surface area contributed by atoms with Crippen LogP contribution in [0, 0.1) is 13.8 Å². The SMILES string of the molecule is CCN1CCc2nc3c(C)c(C)ccc3c(C(C)=O)c2C1. The third kappa shape index (κ3) is 2.26. The molecule has 1 aromatic heterocycles. The third-order valence-electron chi connectivity index (χ3n) is 4.71. The zero-order valence-corrected chi connectivity index (χ0v) is 13.3. The summed E-state index contributed by atoms with van der Waals surface area (Å²) in [6.45, 7) is 10.9. The molecule has 0 atom stereocenters. The number of Topliss-reactive ketones (excluding diaryl/α,β-unsaturated/α-hetero) is 1. The van der Waals surface area contributed by atoms with Gasteiger partial charge in [-0.05, 0) is 44.0 Å². The van der Waals surface area contributed by atoms with Gasteiger partial charge in [0.2, 0.25) is 0 Å². The lowest BCUT2D eigenvalue weighted by molar-refractivity contribution is 0.101. The summed E-state index contributed by atoms with van der Waals surface area (Å²) in [5.74, 6) is 0.153. The molecule has 0 saturated heterocycles. The first-order valence-electron chi connectivity index (χ1n) is 7.67. The van der Waals surface area contributed by atoms with Crippen molar-refractivity contribution >= 4 is 16.7 Å². The molecule has 0 saturated carbocycles. The molecule has 3 heteroatoms. The van der Waals surface area contributed by atoms with E-state index in [1.165, 1.54) is 11.1 Å². The first-order valence-corrected chi connectivity index (χ1v) is 7.67. The Labute approximate surface area is 126 Å². The van der Waals surface area contributed by atoms with Crippen LogP contribution < -0.4 is 0 Å². The van der Waals surface area contributed by atoms with Gasteiger partial charge in [0.1, 0.15) is 0 Å². The maximum Gasteiger partial charge on any atom is 0.160 e. The van der Waals surface area contributed by atoms with E-state index < -0.39 is 0 Å². The van der Waals surface area contributed by atoms with Crippen molar-refractivity contribution in [1.29, 1.82) is 0 Å². The molecule has 2 aromatic rings. The number of fused-ring (bicyclic) bond motifs is 2. The number of nitrogens with zero attached hydrogens (tertiary/aromatic N) is 2. The molecule has 0 N–H and O–H groups in total. The Morgan fingerprint density at radius 1 is 1.33 bits per heavy atom. The number of likely N-dealkylation sites (N-methyl/N-ethyl adjacent to an activating group) is 1. The molecule has 0 bridgehead atoms. The van der Waals surface area contributed by atoms with E-state index >= 15 is 0 Å². The predicted molar refractivity (Wildman–Crippen MR) is 85.9 cm³/mol. The lowest BCUT2D eigenvalue weighted by atomic mass is 9.91. The number of carbonyl (C=O) groups is 1. The van der Waals surface area contributed by atoms with Crippen LogP contribution in [0.5, 0.6) is 0 Å². The van der Waals surface area contributed by atoms with Gasteiger partial charge in [0, 0.05) is 36.2 Å². The van der Waals surface area contributed by atoms with Crippen LogP contribution in [0.3, 0.4) is 0 Å². The van der Waals surface area contributed by atoms with E-state index in [1.54, 1.807) is 6.92 Å². The van der Waals surface area contributed by atoms with Crippen molar-refractivity contribution in [3.8, 4) is 0 Å². The van der Waals surface area contributed by atoms with Crippen LogP contribution in [0.15, 0.2) is 12.1 Å². The van der Waals surface area contributed by atoms with E-state index in [9.17, 15) is 4.79 Å². The highest BCUT2D eigenvalue weighted by atomic mass is 16.1. The van der Waals surface area contributed by atoms with Crippen LogP contribution in [0.4, 0.5) is 0 Å². The Morgan fingerprint density at radius 2 is 2.10 bits per heavy atom. The van der Waals surface area contributed by atoms with E-state index in [4.69, 9.17) is 4.98 Å². The minimum absolute atomic E-state index is 0.153. The first kappa shape index (κ1) is 14.2. The number of carbonyl (C=O) groups excluding carboxylic acids is 1. The standard InChI is InChI=1S/C18H22N2O/c1-5-20-9-8-16-15(10-20)17(13(4)21)14-7-6-11(2)12(3)18(14)19-16/h6-7H,5,8-10H2,1-4H3. The molecule has 1 aliphatic heterocycles. The lowest BCUT2D eigenvalue weighted by Gasteiger charge is -2.29. The van der Waals surface area contributed by atoms with Gasteiger partial charge in [-0.3, -0.25) is 14.7 Å². The van der Waals surface area contributed by atoms with Crippen LogP contribution in [-0.2, 0) is 13.0 Å². The highest BCUT2D eigenvalue weighted by molar-refractivity contribution is 6.08. The van der Waals surface area contributed by atoms with E-state index in [2.05, 4.69) is 37.8 Å². The zero-order valence-electron chi connectivity index (χ0n) is 13.3. The highest BCUT2D eigenvalue weighted by Crippen LogP contribution is 2.30. The molecule has 1 aliphatic rings. The molecule has 3 nitrogen and oxygen atoms in total. The van der Waals surface area contributed by atoms with Crippen LogP contribution in [-0.4, -0.2) is 28.8 Å². The average molecular weight is 282 g/mol. The summed E-state index contributed by atoms with van der Waals surface area (Å²) in [5, 5.41) is 1.02. The topological polar surface area (TPSA) is 33.2 Å². The van der Waals surface area contributed by atoms with E-state index in [0.29, 0.717) is 0 Å². The minimum atomic E-state index is 0.153. The normalized spacial score (nSPS) is 15.2. The van der Waals surface area contributed by atoms with Crippen LogP contribution in [0.25, 0.3) is 10.9 Å². The minimum Gasteiger partial charge on any atom is -0.299 e. The van der Waals surface area contributed by atoms with Gasteiger partial charge in [-0.2, -0.15) is 0 Å². The van der Waals surface area contributed by atoms with Gasteiger partial charge < -0.3 is 0 Å². The summed E-state index contributed by atoms with van der Waals surface area (Å²) in [4.78, 5) is 19.6. The largest absolute Gasteiger partial charge is 0.299 e. The van der Waals surface area contributed by atoms with Gasteiger partial charge in [-0.15, -0.1) is 0 Å². The van der Waals surface area contributed by atoms with Crippen molar-refractivity contribution < 1.29 is 4.79 Å². The van der Waals surface area contributed by atoms with Crippen molar-refractivity contribution in [1.82, 2.24) is 9.88 Å². The van der Waals surface area contributed by atoms with Gasteiger partial charge in [0.05, 0.1) is 5.52 Å². The fourth-order valence-electron chi connectivity index (χ4n) is 3.27. The molecule has 3 rings (SSSR count). The van der Waals surface area contributed by atoms with Crippen molar-refractivity contribution in [2.45, 2.75) is 40.7 Å². The fourth-order valence-corrected chi connectivity index (χ4v) is 3.27. The van der Waals surface area contributed by atoms with Gasteiger partial charge in [-0.1, -0.05) is 19.1 Å². The second-order valence-corrected chi connectivity index (χ2v) is 5.99. The first-order chi connectivity index (χ1) is 10.0. The number of aryl methyl sites for hydroxylation is 2. The number of hydrogen-bond donors (Lipinski definition) is 0. The summed E-state index contributed by atoms with van der Waals surface area (Å²) in [6.07, 6.45) is 0.937. The number of rotatable bonds is 2. The maximum atomic E-state index is 12.3. The Morgan fingerprint density at radius 3 is 2.76 bits per heavy atom. The van der Waals surface area contributed by atoms with E-state index in [-0.39, 0.29) is 5.78 Å². The number of aromatic nitrogens is 1. The number of hydrogen-bond acceptors (Lipinski definition) is 3. The van der Waals surface area contributed by atoms with Crippen molar-refractivity contribution in [3.63, 3.8) is 0 Å². The summed E-state index contributed by atoms with van der Waals surface area (Å²) in [6, 6.07) is 4.16.